The number of aromatic carboxylic acids is 1. The van der Waals surface area contributed by atoms with Crippen LogP contribution in [0.1, 0.15) is 21.6 Å². The smallest absolute Gasteiger partial charge is 0.338 e. The first-order valence-corrected chi connectivity index (χ1v) is 7.13. The Morgan fingerprint density at radius 1 is 1.35 bits per heavy atom. The van der Waals surface area contributed by atoms with Crippen molar-refractivity contribution in [2.24, 2.45) is 0 Å². The van der Waals surface area contributed by atoms with Gasteiger partial charge in [0.2, 0.25) is 5.88 Å². The summed E-state index contributed by atoms with van der Waals surface area (Å²) in [4.78, 5) is 19.5. The number of carboxylic acid groups (broad SMARTS) is 1. The molecular weight excluding hydrogens is 320 g/mol. The van der Waals surface area contributed by atoms with Crippen molar-refractivity contribution in [2.75, 3.05) is 7.11 Å². The van der Waals surface area contributed by atoms with E-state index in [1.165, 1.54) is 6.20 Å². The Morgan fingerprint density at radius 3 is 2.74 bits per heavy atom. The first kappa shape index (κ1) is 15.2. The average molecular weight is 333 g/mol. The molecule has 8 heteroatoms. The minimum Gasteiger partial charge on any atom is -0.481 e. The van der Waals surface area contributed by atoms with Gasteiger partial charge in [0.15, 0.2) is 5.65 Å². The zero-order valence-corrected chi connectivity index (χ0v) is 13.2. The molecule has 0 saturated carbocycles. The second-order valence-corrected chi connectivity index (χ2v) is 5.32. The maximum absolute atomic E-state index is 11.2. The van der Waals surface area contributed by atoms with Crippen molar-refractivity contribution < 1.29 is 14.6 Å². The van der Waals surface area contributed by atoms with Crippen LogP contribution in [0.4, 0.5) is 0 Å². The minimum atomic E-state index is -1.11. The fourth-order valence-electron chi connectivity index (χ4n) is 2.33. The van der Waals surface area contributed by atoms with E-state index in [2.05, 4.69) is 15.1 Å². The molecule has 0 aromatic carbocycles. The number of aryl methyl sites for hydroxylation is 1. The molecule has 0 radical (unpaired) electrons. The summed E-state index contributed by atoms with van der Waals surface area (Å²) in [5, 5.41) is 14.2. The van der Waals surface area contributed by atoms with Crippen LogP contribution in [0, 0.1) is 6.92 Å². The number of aromatic nitrogens is 4. The Balaban J connectivity index is 2.04. The molecule has 0 spiro atoms. The molecule has 0 fully saturated rings. The molecule has 7 nitrogen and oxygen atoms in total. The van der Waals surface area contributed by atoms with Gasteiger partial charge in [-0.3, -0.25) is 0 Å². The molecule has 3 rings (SSSR count). The van der Waals surface area contributed by atoms with E-state index in [0.717, 1.165) is 5.56 Å². The highest BCUT2D eigenvalue weighted by Crippen LogP contribution is 2.28. The van der Waals surface area contributed by atoms with Crippen molar-refractivity contribution in [2.45, 2.75) is 13.5 Å². The molecule has 0 aliphatic carbocycles. The van der Waals surface area contributed by atoms with E-state index in [1.54, 1.807) is 31.0 Å². The molecule has 0 amide bonds. The number of ether oxygens (including phenoxy) is 1. The number of pyridine rings is 2. The van der Waals surface area contributed by atoms with Gasteiger partial charge in [0.05, 0.1) is 35.3 Å². The predicted molar refractivity (Wildman–Crippen MR) is 84.1 cm³/mol. The van der Waals surface area contributed by atoms with Crippen molar-refractivity contribution in [1.29, 1.82) is 0 Å². The quantitative estimate of drug-likeness (QED) is 0.789. The second kappa shape index (κ2) is 5.85. The molecule has 0 unspecified atom stereocenters. The summed E-state index contributed by atoms with van der Waals surface area (Å²) in [6.45, 7) is 2.21. The molecule has 3 aromatic rings. The van der Waals surface area contributed by atoms with Gasteiger partial charge in [-0.25, -0.2) is 19.4 Å². The molecule has 0 bridgehead atoms. The molecule has 0 aliphatic rings. The molecule has 0 atom stereocenters. The van der Waals surface area contributed by atoms with Crippen molar-refractivity contribution in [3.8, 4) is 5.88 Å². The van der Waals surface area contributed by atoms with E-state index < -0.39 is 5.97 Å². The third-order valence-corrected chi connectivity index (χ3v) is 3.83. The molecule has 0 aliphatic heterocycles. The summed E-state index contributed by atoms with van der Waals surface area (Å²) in [7, 11) is 1.55. The van der Waals surface area contributed by atoms with Crippen LogP contribution in [-0.4, -0.2) is 37.9 Å². The Kier molecular flexibility index (Phi) is 3.87. The van der Waals surface area contributed by atoms with E-state index in [9.17, 15) is 4.79 Å². The summed E-state index contributed by atoms with van der Waals surface area (Å²) in [6.07, 6.45) is 2.94. The normalized spacial score (nSPS) is 10.9. The van der Waals surface area contributed by atoms with Crippen LogP contribution in [0.15, 0.2) is 24.5 Å². The van der Waals surface area contributed by atoms with E-state index in [0.29, 0.717) is 29.2 Å². The topological polar surface area (TPSA) is 90.1 Å². The SMILES string of the molecule is COc1ccc(Cn2nc(C)c3c(Cl)c(C(=O)O)cnc32)cn1. The molecule has 23 heavy (non-hydrogen) atoms. The van der Waals surface area contributed by atoms with Gasteiger partial charge in [0, 0.05) is 18.5 Å². The lowest BCUT2D eigenvalue weighted by molar-refractivity contribution is 0.0697. The Labute approximate surface area is 136 Å². The lowest BCUT2D eigenvalue weighted by atomic mass is 10.2. The van der Waals surface area contributed by atoms with Crippen LogP contribution in [-0.2, 0) is 6.54 Å². The van der Waals surface area contributed by atoms with Gasteiger partial charge >= 0.3 is 5.97 Å². The highest BCUT2D eigenvalue weighted by Gasteiger charge is 2.18. The maximum atomic E-state index is 11.2. The zero-order valence-electron chi connectivity index (χ0n) is 12.4. The second-order valence-electron chi connectivity index (χ2n) is 4.94. The monoisotopic (exact) mass is 332 g/mol. The van der Waals surface area contributed by atoms with Gasteiger partial charge in [-0.1, -0.05) is 17.7 Å². The Bertz CT molecular complexity index is 890. The number of carbonyl (C=O) groups is 1. The molecule has 3 aromatic heterocycles. The summed E-state index contributed by atoms with van der Waals surface area (Å²) in [5.41, 5.74) is 2.04. The summed E-state index contributed by atoms with van der Waals surface area (Å²) in [5.74, 6) is -0.585. The van der Waals surface area contributed by atoms with E-state index in [4.69, 9.17) is 21.4 Å². The van der Waals surface area contributed by atoms with Crippen LogP contribution < -0.4 is 4.74 Å². The van der Waals surface area contributed by atoms with E-state index in [1.807, 2.05) is 6.07 Å². The summed E-state index contributed by atoms with van der Waals surface area (Å²) in [6, 6.07) is 3.64. The Hall–Kier alpha value is -2.67. The number of nitrogens with zero attached hydrogens (tertiary/aromatic N) is 4. The fourth-order valence-corrected chi connectivity index (χ4v) is 2.68. The predicted octanol–water partition coefficient (Wildman–Crippen LogP) is 2.54. The van der Waals surface area contributed by atoms with Gasteiger partial charge < -0.3 is 9.84 Å². The van der Waals surface area contributed by atoms with Gasteiger partial charge in [-0.2, -0.15) is 5.10 Å². The lowest BCUT2D eigenvalue weighted by Crippen LogP contribution is -2.04. The number of rotatable bonds is 4. The molecular formula is C15H13ClN4O3. The molecule has 1 N–H and O–H groups in total. The lowest BCUT2D eigenvalue weighted by Gasteiger charge is -2.05. The van der Waals surface area contributed by atoms with Crippen molar-refractivity contribution in [3.05, 3.63) is 46.4 Å². The van der Waals surface area contributed by atoms with Crippen LogP contribution in [0.2, 0.25) is 5.02 Å². The number of hydrogen-bond donors (Lipinski definition) is 1. The highest BCUT2D eigenvalue weighted by molar-refractivity contribution is 6.38. The maximum Gasteiger partial charge on any atom is 0.338 e. The van der Waals surface area contributed by atoms with Crippen molar-refractivity contribution >= 4 is 28.6 Å². The van der Waals surface area contributed by atoms with Crippen molar-refractivity contribution in [1.82, 2.24) is 19.7 Å². The minimum absolute atomic E-state index is 0.0343. The number of carboxylic acids is 1. The van der Waals surface area contributed by atoms with Gasteiger partial charge in [-0.15, -0.1) is 0 Å². The number of fused-ring (bicyclic) bond motifs is 1. The standard InChI is InChI=1S/C15H13ClN4O3/c1-8-12-13(16)10(15(21)22)6-18-14(12)20(19-8)7-9-3-4-11(23-2)17-5-9/h3-6H,7H2,1-2H3,(H,21,22). The third kappa shape index (κ3) is 2.70. The summed E-state index contributed by atoms with van der Waals surface area (Å²) < 4.78 is 6.70. The van der Waals surface area contributed by atoms with E-state index in [-0.39, 0.29) is 10.6 Å². The highest BCUT2D eigenvalue weighted by atomic mass is 35.5. The van der Waals surface area contributed by atoms with Crippen LogP contribution in [0.3, 0.4) is 0 Å². The molecule has 0 saturated heterocycles. The van der Waals surface area contributed by atoms with Crippen LogP contribution >= 0.6 is 11.6 Å². The van der Waals surface area contributed by atoms with Crippen LogP contribution in [0.5, 0.6) is 5.88 Å². The third-order valence-electron chi connectivity index (χ3n) is 3.44. The number of hydrogen-bond acceptors (Lipinski definition) is 5. The van der Waals surface area contributed by atoms with Gasteiger partial charge in [0.25, 0.3) is 0 Å². The number of methoxy groups -OCH3 is 1. The molecule has 118 valence electrons. The average Bonchev–Trinajstić information content (AvgIpc) is 2.85. The molecule has 3 heterocycles. The zero-order chi connectivity index (χ0) is 16.6. The first-order chi connectivity index (χ1) is 11.0. The van der Waals surface area contributed by atoms with Crippen LogP contribution in [0.25, 0.3) is 11.0 Å². The number of halogens is 1. The first-order valence-electron chi connectivity index (χ1n) is 6.75. The van der Waals surface area contributed by atoms with E-state index >= 15 is 0 Å². The Morgan fingerprint density at radius 2 is 2.13 bits per heavy atom. The van der Waals surface area contributed by atoms with Gasteiger partial charge in [-0.05, 0) is 12.5 Å². The summed E-state index contributed by atoms with van der Waals surface area (Å²) >= 11 is 6.19. The fraction of sp³-hybridized carbons (Fsp3) is 0.200. The largest absolute Gasteiger partial charge is 0.481 e. The van der Waals surface area contributed by atoms with Crippen molar-refractivity contribution in [3.63, 3.8) is 0 Å². The van der Waals surface area contributed by atoms with Gasteiger partial charge in [0.1, 0.15) is 0 Å².